The Balaban J connectivity index is 1.65. The quantitative estimate of drug-likeness (QED) is 0.711. The van der Waals surface area contributed by atoms with Crippen molar-refractivity contribution in [1.29, 1.82) is 0 Å². The van der Waals surface area contributed by atoms with E-state index in [1.54, 1.807) is 30.0 Å². The first kappa shape index (κ1) is 21.8. The zero-order valence-corrected chi connectivity index (χ0v) is 17.7. The fourth-order valence-corrected chi connectivity index (χ4v) is 4.83. The van der Waals surface area contributed by atoms with Crippen molar-refractivity contribution in [3.63, 3.8) is 0 Å². The van der Waals surface area contributed by atoms with Gasteiger partial charge in [0.2, 0.25) is 21.8 Å². The number of amides is 2. The maximum Gasteiger partial charge on any atom is 0.245 e. The third kappa shape index (κ3) is 4.98. The van der Waals surface area contributed by atoms with Gasteiger partial charge in [0.25, 0.3) is 0 Å². The number of ether oxygens (including phenoxy) is 1. The Kier molecular flexibility index (Phi) is 6.94. The molecule has 2 aliphatic rings. The van der Waals surface area contributed by atoms with Gasteiger partial charge in [0.05, 0.1) is 18.1 Å². The third-order valence-electron chi connectivity index (χ3n) is 5.13. The summed E-state index contributed by atoms with van der Waals surface area (Å²) in [5.74, 6) is -0.530. The monoisotopic (exact) mass is 441 g/mol. The number of nitrogens with one attached hydrogen (secondary N) is 1. The van der Waals surface area contributed by atoms with E-state index < -0.39 is 22.1 Å². The topological polar surface area (TPSA) is 96.0 Å². The summed E-state index contributed by atoms with van der Waals surface area (Å²) in [5.41, 5.74) is 2.10. The fraction of sp³-hybridized carbons (Fsp3) is 0.474. The van der Waals surface area contributed by atoms with E-state index in [1.807, 2.05) is 0 Å². The Labute approximate surface area is 175 Å². The van der Waals surface area contributed by atoms with Crippen LogP contribution in [-0.2, 0) is 24.3 Å². The average Bonchev–Trinajstić information content (AvgIpc) is 3.08. The van der Waals surface area contributed by atoms with Gasteiger partial charge in [0.15, 0.2) is 0 Å². The van der Waals surface area contributed by atoms with Gasteiger partial charge in [0.1, 0.15) is 12.1 Å². The maximum atomic E-state index is 12.8. The molecule has 0 saturated carbocycles. The molecule has 29 heavy (non-hydrogen) atoms. The molecule has 2 fully saturated rings. The minimum atomic E-state index is -3.86. The lowest BCUT2D eigenvalue weighted by Gasteiger charge is -2.32. The summed E-state index contributed by atoms with van der Waals surface area (Å²) in [4.78, 5) is 28.6. The van der Waals surface area contributed by atoms with Crippen LogP contribution in [0.3, 0.4) is 0 Å². The first-order valence-electron chi connectivity index (χ1n) is 9.39. The van der Waals surface area contributed by atoms with Crippen LogP contribution in [0.2, 0.25) is 0 Å². The number of halogens is 1. The number of morpholine rings is 1. The molecule has 0 bridgehead atoms. The number of hydrogen-bond donors (Lipinski definition) is 1. The van der Waals surface area contributed by atoms with Gasteiger partial charge in [-0.3, -0.25) is 9.59 Å². The Morgan fingerprint density at radius 2 is 1.90 bits per heavy atom. The van der Waals surface area contributed by atoms with Crippen molar-refractivity contribution >= 4 is 39.5 Å². The first-order chi connectivity index (χ1) is 13.8. The first-order valence-corrected chi connectivity index (χ1v) is 11.3. The van der Waals surface area contributed by atoms with Gasteiger partial charge >= 0.3 is 0 Å². The summed E-state index contributed by atoms with van der Waals surface area (Å²) in [6.45, 7) is 3.95. The van der Waals surface area contributed by atoms with E-state index in [1.165, 1.54) is 22.6 Å². The molecular weight excluding hydrogens is 418 g/mol. The van der Waals surface area contributed by atoms with Gasteiger partial charge in [-0.1, -0.05) is 23.7 Å². The molecule has 3 rings (SSSR count). The highest BCUT2D eigenvalue weighted by Crippen LogP contribution is 2.20. The number of likely N-dealkylation sites (tertiary alicyclic amines) is 1. The van der Waals surface area contributed by atoms with Crippen LogP contribution in [0, 0.1) is 0 Å². The van der Waals surface area contributed by atoms with Crippen LogP contribution in [0.4, 0.5) is 0 Å². The number of hydrogen-bond acceptors (Lipinski definition) is 5. The van der Waals surface area contributed by atoms with Gasteiger partial charge in [-0.25, -0.2) is 8.42 Å². The van der Waals surface area contributed by atoms with E-state index in [0.29, 0.717) is 39.3 Å². The Hall–Kier alpha value is -1.94. The van der Waals surface area contributed by atoms with Crippen LogP contribution in [0.1, 0.15) is 18.9 Å². The largest absolute Gasteiger partial charge is 0.378 e. The molecular formula is C19H24ClN3O5S. The van der Waals surface area contributed by atoms with Crippen LogP contribution in [-0.4, -0.2) is 75.0 Å². The van der Waals surface area contributed by atoms with E-state index in [9.17, 15) is 18.0 Å². The zero-order chi connectivity index (χ0) is 21.0. The SMILES string of the molecule is C[C@@H](C(=O)N1CCOCC1)N1CC[C@H](NS(=O)(=O)c2ccc(/C=C/Cl)cc2)C1=O. The van der Waals surface area contributed by atoms with E-state index in [0.717, 1.165) is 5.56 Å². The van der Waals surface area contributed by atoms with Crippen LogP contribution >= 0.6 is 11.6 Å². The van der Waals surface area contributed by atoms with Gasteiger partial charge in [0, 0.05) is 25.2 Å². The Bertz CT molecular complexity index is 882. The number of rotatable bonds is 6. The summed E-state index contributed by atoms with van der Waals surface area (Å²) in [7, 11) is -3.86. The standard InChI is InChI=1S/C19H24ClN3O5S/c1-14(18(24)22-10-12-28-13-11-22)23-9-7-17(19(23)25)21-29(26,27)16-4-2-15(3-5-16)6-8-20/h2-6,8,14,17,21H,7,9-13H2,1H3/b8-6+/t14-,17-/m0/s1. The summed E-state index contributed by atoms with van der Waals surface area (Å²) in [5, 5.41) is 0. The average molecular weight is 442 g/mol. The summed E-state index contributed by atoms with van der Waals surface area (Å²) < 4.78 is 33.0. The summed E-state index contributed by atoms with van der Waals surface area (Å²) >= 11 is 5.52. The number of sulfonamides is 1. The molecule has 1 N–H and O–H groups in total. The number of benzene rings is 1. The molecule has 8 nitrogen and oxygen atoms in total. The van der Waals surface area contributed by atoms with E-state index >= 15 is 0 Å². The minimum Gasteiger partial charge on any atom is -0.378 e. The molecule has 2 heterocycles. The summed E-state index contributed by atoms with van der Waals surface area (Å²) in [6.07, 6.45) is 1.95. The molecule has 2 aliphatic heterocycles. The smallest absolute Gasteiger partial charge is 0.245 e. The van der Waals surface area contributed by atoms with E-state index in [4.69, 9.17) is 16.3 Å². The van der Waals surface area contributed by atoms with Gasteiger partial charge in [-0.15, -0.1) is 0 Å². The zero-order valence-electron chi connectivity index (χ0n) is 16.1. The van der Waals surface area contributed by atoms with Gasteiger partial charge in [-0.05, 0) is 37.1 Å². The predicted octanol–water partition coefficient (Wildman–Crippen LogP) is 1.02. The molecule has 0 spiro atoms. The molecule has 0 unspecified atom stereocenters. The van der Waals surface area contributed by atoms with Crippen LogP contribution in [0.15, 0.2) is 34.7 Å². The lowest BCUT2D eigenvalue weighted by Crippen LogP contribution is -2.52. The van der Waals surface area contributed by atoms with Crippen molar-refractivity contribution in [3.8, 4) is 0 Å². The highest BCUT2D eigenvalue weighted by molar-refractivity contribution is 7.89. The molecule has 0 radical (unpaired) electrons. The molecule has 1 aromatic carbocycles. The molecule has 0 aliphatic carbocycles. The molecule has 0 aromatic heterocycles. The lowest BCUT2D eigenvalue weighted by molar-refractivity contribution is -0.146. The second-order valence-electron chi connectivity index (χ2n) is 6.97. The van der Waals surface area contributed by atoms with Crippen LogP contribution in [0.5, 0.6) is 0 Å². The second-order valence-corrected chi connectivity index (χ2v) is 8.94. The lowest BCUT2D eigenvalue weighted by atomic mass is 10.2. The van der Waals surface area contributed by atoms with Gasteiger partial charge in [-0.2, -0.15) is 4.72 Å². The molecule has 1 aromatic rings. The Morgan fingerprint density at radius 3 is 2.52 bits per heavy atom. The third-order valence-corrected chi connectivity index (χ3v) is 6.74. The highest BCUT2D eigenvalue weighted by atomic mass is 35.5. The molecule has 2 amide bonds. The van der Waals surface area contributed by atoms with Crippen LogP contribution < -0.4 is 4.72 Å². The molecule has 2 atom stereocenters. The van der Waals surface area contributed by atoms with Crippen molar-refractivity contribution in [3.05, 3.63) is 35.4 Å². The van der Waals surface area contributed by atoms with Gasteiger partial charge < -0.3 is 14.5 Å². The molecule has 158 valence electrons. The van der Waals surface area contributed by atoms with Crippen molar-refractivity contribution < 1.29 is 22.7 Å². The number of nitrogens with zero attached hydrogens (tertiary/aromatic N) is 2. The Morgan fingerprint density at radius 1 is 1.24 bits per heavy atom. The van der Waals surface area contributed by atoms with Crippen molar-refractivity contribution in [2.24, 2.45) is 0 Å². The molecule has 2 saturated heterocycles. The fourth-order valence-electron chi connectivity index (χ4n) is 3.46. The van der Waals surface area contributed by atoms with Crippen molar-refractivity contribution in [1.82, 2.24) is 14.5 Å². The van der Waals surface area contributed by atoms with E-state index in [2.05, 4.69) is 4.72 Å². The summed E-state index contributed by atoms with van der Waals surface area (Å²) in [6, 6.07) is 4.63. The van der Waals surface area contributed by atoms with Crippen molar-refractivity contribution in [2.45, 2.75) is 30.3 Å². The van der Waals surface area contributed by atoms with E-state index in [-0.39, 0.29) is 16.7 Å². The maximum absolute atomic E-state index is 12.8. The number of carbonyl (C=O) groups is 2. The second kappa shape index (κ2) is 9.25. The minimum absolute atomic E-state index is 0.0629. The predicted molar refractivity (Wildman–Crippen MR) is 109 cm³/mol. The normalized spacial score (nSPS) is 21.7. The van der Waals surface area contributed by atoms with Crippen molar-refractivity contribution in [2.75, 3.05) is 32.8 Å². The number of carbonyl (C=O) groups excluding carboxylic acids is 2. The van der Waals surface area contributed by atoms with Crippen LogP contribution in [0.25, 0.3) is 6.08 Å². The highest BCUT2D eigenvalue weighted by Gasteiger charge is 2.40. The molecule has 10 heteroatoms.